The van der Waals surface area contributed by atoms with Crippen LogP contribution in [0.2, 0.25) is 0 Å². The molecule has 1 aliphatic carbocycles. The second-order valence-electron chi connectivity index (χ2n) is 8.21. The Kier molecular flexibility index (Phi) is 6.96. The SMILES string of the molecule is O=C(Nc1cccc(C(F)(F)F)c1)Nc1cc(S(=O)(=O)NCC2CC2)ccc1C1=CCOCC1. The standard InChI is InChI=1S/C23H24F3N3O4S/c24-23(25,26)17-2-1-3-18(12-17)28-22(30)29-21-13-19(34(31,32)27-14-15-4-5-15)6-7-20(21)16-8-10-33-11-9-16/h1-3,6-8,12-13,15,27H,4-5,9-11,14H2,(H2,28,29,30). The fourth-order valence-electron chi connectivity index (χ4n) is 3.54. The number of carbonyl (C=O) groups is 1. The van der Waals surface area contributed by atoms with Gasteiger partial charge in [0.15, 0.2) is 0 Å². The Morgan fingerprint density at radius 3 is 2.56 bits per heavy atom. The number of amides is 2. The summed E-state index contributed by atoms with van der Waals surface area (Å²) < 4.78 is 72.3. The zero-order valence-corrected chi connectivity index (χ0v) is 18.9. The Bertz CT molecular complexity index is 1210. The first-order valence-corrected chi connectivity index (χ1v) is 12.3. The third kappa shape index (κ3) is 6.16. The van der Waals surface area contributed by atoms with Crippen molar-refractivity contribution in [3.63, 3.8) is 0 Å². The van der Waals surface area contributed by atoms with Crippen molar-refractivity contribution in [1.82, 2.24) is 4.72 Å². The Labute approximate surface area is 195 Å². The first-order valence-electron chi connectivity index (χ1n) is 10.8. The van der Waals surface area contributed by atoms with E-state index in [0.717, 1.165) is 30.5 Å². The van der Waals surface area contributed by atoms with Crippen LogP contribution in [0.25, 0.3) is 5.57 Å². The minimum Gasteiger partial charge on any atom is -0.377 e. The molecule has 34 heavy (non-hydrogen) atoms. The van der Waals surface area contributed by atoms with Crippen LogP contribution >= 0.6 is 0 Å². The van der Waals surface area contributed by atoms with Crippen LogP contribution in [0, 0.1) is 5.92 Å². The van der Waals surface area contributed by atoms with Gasteiger partial charge in [-0.3, -0.25) is 0 Å². The van der Waals surface area contributed by atoms with E-state index >= 15 is 0 Å². The van der Waals surface area contributed by atoms with Crippen molar-refractivity contribution in [3.05, 3.63) is 59.7 Å². The van der Waals surface area contributed by atoms with Gasteiger partial charge in [-0.1, -0.05) is 18.2 Å². The number of alkyl halides is 3. The van der Waals surface area contributed by atoms with Gasteiger partial charge in [0.1, 0.15) is 0 Å². The van der Waals surface area contributed by atoms with Crippen LogP contribution in [0.1, 0.15) is 30.4 Å². The summed E-state index contributed by atoms with van der Waals surface area (Å²) in [5.74, 6) is 0.345. The summed E-state index contributed by atoms with van der Waals surface area (Å²) >= 11 is 0. The van der Waals surface area contributed by atoms with Gasteiger partial charge in [0.2, 0.25) is 10.0 Å². The summed E-state index contributed by atoms with van der Waals surface area (Å²) in [6, 6.07) is 7.89. The second kappa shape index (κ2) is 9.77. The number of ether oxygens (including phenoxy) is 1. The van der Waals surface area contributed by atoms with E-state index in [9.17, 15) is 26.4 Å². The van der Waals surface area contributed by atoms with Crippen molar-refractivity contribution in [2.45, 2.75) is 30.3 Å². The van der Waals surface area contributed by atoms with E-state index in [4.69, 9.17) is 4.74 Å². The molecule has 3 N–H and O–H groups in total. The molecule has 2 aliphatic rings. The number of hydrogen-bond donors (Lipinski definition) is 3. The van der Waals surface area contributed by atoms with Crippen LogP contribution in [0.4, 0.5) is 29.3 Å². The van der Waals surface area contributed by atoms with Gasteiger partial charge in [0.05, 0.1) is 29.4 Å². The van der Waals surface area contributed by atoms with Gasteiger partial charge in [-0.2, -0.15) is 13.2 Å². The molecule has 182 valence electrons. The minimum atomic E-state index is -4.55. The van der Waals surface area contributed by atoms with Gasteiger partial charge < -0.3 is 15.4 Å². The lowest BCUT2D eigenvalue weighted by atomic mass is 10.00. The molecule has 0 bridgehead atoms. The molecular formula is C23H24F3N3O4S. The number of sulfonamides is 1. The molecule has 1 saturated carbocycles. The van der Waals surface area contributed by atoms with E-state index in [-0.39, 0.29) is 16.3 Å². The molecule has 1 heterocycles. The minimum absolute atomic E-state index is 0.0149. The summed E-state index contributed by atoms with van der Waals surface area (Å²) in [4.78, 5) is 12.6. The highest BCUT2D eigenvalue weighted by Crippen LogP contribution is 2.33. The molecular weight excluding hydrogens is 471 g/mol. The molecule has 2 amide bonds. The van der Waals surface area contributed by atoms with Gasteiger partial charge in [-0.25, -0.2) is 17.9 Å². The molecule has 0 radical (unpaired) electrons. The Balaban J connectivity index is 1.58. The van der Waals surface area contributed by atoms with Crippen molar-refractivity contribution in [2.24, 2.45) is 5.92 Å². The van der Waals surface area contributed by atoms with E-state index in [0.29, 0.717) is 37.7 Å². The average Bonchev–Trinajstić information content (AvgIpc) is 3.63. The number of carbonyl (C=O) groups excluding carboxylic acids is 1. The molecule has 0 saturated heterocycles. The molecule has 11 heteroatoms. The van der Waals surface area contributed by atoms with Crippen LogP contribution in [-0.2, 0) is 20.9 Å². The van der Waals surface area contributed by atoms with Crippen molar-refractivity contribution >= 4 is 33.0 Å². The number of hydrogen-bond acceptors (Lipinski definition) is 4. The number of nitrogens with one attached hydrogen (secondary N) is 3. The van der Waals surface area contributed by atoms with Gasteiger partial charge in [-0.05, 0) is 61.1 Å². The van der Waals surface area contributed by atoms with E-state index in [1.54, 1.807) is 6.07 Å². The van der Waals surface area contributed by atoms with Crippen LogP contribution < -0.4 is 15.4 Å². The Morgan fingerprint density at radius 1 is 1.09 bits per heavy atom. The molecule has 1 aliphatic heterocycles. The molecule has 0 spiro atoms. The normalized spacial score (nSPS) is 16.6. The lowest BCUT2D eigenvalue weighted by molar-refractivity contribution is -0.137. The van der Waals surface area contributed by atoms with Crippen LogP contribution in [-0.4, -0.2) is 34.2 Å². The average molecular weight is 496 g/mol. The molecule has 1 fully saturated rings. The monoisotopic (exact) mass is 495 g/mol. The molecule has 0 unspecified atom stereocenters. The fourth-order valence-corrected chi connectivity index (χ4v) is 4.68. The predicted octanol–water partition coefficient (Wildman–Crippen LogP) is 4.84. The molecule has 4 rings (SSSR count). The van der Waals surface area contributed by atoms with Gasteiger partial charge in [0.25, 0.3) is 0 Å². The molecule has 0 atom stereocenters. The number of halogens is 3. The lowest BCUT2D eigenvalue weighted by Crippen LogP contribution is -2.26. The van der Waals surface area contributed by atoms with Crippen molar-refractivity contribution < 1.29 is 31.1 Å². The van der Waals surface area contributed by atoms with Crippen LogP contribution in [0.15, 0.2) is 53.4 Å². The van der Waals surface area contributed by atoms with Crippen molar-refractivity contribution in [1.29, 1.82) is 0 Å². The predicted molar refractivity (Wildman–Crippen MR) is 122 cm³/mol. The topological polar surface area (TPSA) is 96.5 Å². The zero-order valence-electron chi connectivity index (χ0n) is 18.1. The number of rotatable bonds is 7. The van der Waals surface area contributed by atoms with Crippen LogP contribution in [0.5, 0.6) is 0 Å². The molecule has 0 aromatic heterocycles. The summed E-state index contributed by atoms with van der Waals surface area (Å²) in [5, 5.41) is 4.98. The maximum atomic E-state index is 13.0. The largest absolute Gasteiger partial charge is 0.416 e. The van der Waals surface area contributed by atoms with E-state index in [1.165, 1.54) is 24.3 Å². The third-order valence-corrected chi connectivity index (χ3v) is 6.99. The van der Waals surface area contributed by atoms with E-state index in [2.05, 4.69) is 15.4 Å². The van der Waals surface area contributed by atoms with Crippen molar-refractivity contribution in [3.8, 4) is 0 Å². The maximum Gasteiger partial charge on any atom is 0.416 e. The zero-order chi connectivity index (χ0) is 24.3. The summed E-state index contributed by atoms with van der Waals surface area (Å²) in [7, 11) is -3.79. The smallest absolute Gasteiger partial charge is 0.377 e. The second-order valence-corrected chi connectivity index (χ2v) is 9.98. The Morgan fingerprint density at radius 2 is 1.88 bits per heavy atom. The summed E-state index contributed by atoms with van der Waals surface area (Å²) in [6.07, 6.45) is -0.169. The molecule has 7 nitrogen and oxygen atoms in total. The van der Waals surface area contributed by atoms with Crippen molar-refractivity contribution in [2.75, 3.05) is 30.4 Å². The van der Waals surface area contributed by atoms with Gasteiger partial charge in [-0.15, -0.1) is 0 Å². The number of benzene rings is 2. The van der Waals surface area contributed by atoms with Crippen LogP contribution in [0.3, 0.4) is 0 Å². The number of anilines is 2. The Hall–Kier alpha value is -2.89. The fraction of sp³-hybridized carbons (Fsp3) is 0.348. The first kappa shape index (κ1) is 24.2. The molecule has 2 aromatic rings. The highest BCUT2D eigenvalue weighted by molar-refractivity contribution is 7.89. The number of urea groups is 1. The van der Waals surface area contributed by atoms with E-state index < -0.39 is 27.8 Å². The first-order chi connectivity index (χ1) is 16.1. The summed E-state index contributed by atoms with van der Waals surface area (Å²) in [6.45, 7) is 1.21. The van der Waals surface area contributed by atoms with E-state index in [1.807, 2.05) is 6.08 Å². The highest BCUT2D eigenvalue weighted by Gasteiger charge is 2.30. The van der Waals surface area contributed by atoms with Gasteiger partial charge >= 0.3 is 12.2 Å². The third-order valence-electron chi connectivity index (χ3n) is 5.57. The molecule has 2 aromatic carbocycles. The van der Waals surface area contributed by atoms with Gasteiger partial charge in [0, 0.05) is 17.8 Å². The quantitative estimate of drug-likeness (QED) is 0.512. The lowest BCUT2D eigenvalue weighted by Gasteiger charge is -2.19. The maximum absolute atomic E-state index is 13.0. The summed E-state index contributed by atoms with van der Waals surface area (Å²) in [5.41, 5.74) is 0.772. The highest BCUT2D eigenvalue weighted by atomic mass is 32.2.